The molecule has 8 heteroatoms. The number of carbonyl (C=O) groups is 1. The molecule has 1 saturated carbocycles. The zero-order valence-electron chi connectivity index (χ0n) is 21.9. The second-order valence-corrected chi connectivity index (χ2v) is 11.3. The molecule has 3 aromatic rings. The van der Waals surface area contributed by atoms with E-state index in [0.29, 0.717) is 12.0 Å². The molecule has 1 amide bonds. The van der Waals surface area contributed by atoms with Crippen LogP contribution in [-0.2, 0) is 4.79 Å². The first kappa shape index (κ1) is 24.4. The molecule has 39 heavy (non-hydrogen) atoms. The number of rotatable bonds is 4. The summed E-state index contributed by atoms with van der Waals surface area (Å²) < 4.78 is 0.00116. The first-order chi connectivity index (χ1) is 19.0. The highest BCUT2D eigenvalue weighted by Crippen LogP contribution is 2.46. The number of hydrogen-bond donors (Lipinski definition) is 0. The van der Waals surface area contributed by atoms with E-state index in [1.807, 2.05) is 35.5 Å². The van der Waals surface area contributed by atoms with E-state index in [-0.39, 0.29) is 9.91 Å². The minimum Gasteiger partial charge on any atom is -0.340 e. The van der Waals surface area contributed by atoms with Crippen LogP contribution in [0.5, 0.6) is 0 Å². The van der Waals surface area contributed by atoms with Crippen molar-refractivity contribution in [3.63, 3.8) is 0 Å². The van der Waals surface area contributed by atoms with Gasteiger partial charge >= 0.3 is 0 Å². The first-order valence-corrected chi connectivity index (χ1v) is 13.9. The molecule has 196 valence electrons. The maximum Gasteiger partial charge on any atom is 0.263 e. The number of aliphatic imine (C=N–C) groups is 2. The second kappa shape index (κ2) is 9.52. The summed E-state index contributed by atoms with van der Waals surface area (Å²) >= 11 is 7.30. The minimum absolute atomic E-state index is 0.00116. The van der Waals surface area contributed by atoms with Crippen LogP contribution in [0.1, 0.15) is 25.3 Å². The summed E-state index contributed by atoms with van der Waals surface area (Å²) in [5, 5.41) is 1.08. The molecular formula is C31H30ClN6O+. The van der Waals surface area contributed by atoms with Gasteiger partial charge in [-0.2, -0.15) is 4.99 Å². The van der Waals surface area contributed by atoms with Gasteiger partial charge < -0.3 is 4.90 Å². The van der Waals surface area contributed by atoms with Crippen molar-refractivity contribution in [3.05, 3.63) is 90.0 Å². The highest BCUT2D eigenvalue weighted by atomic mass is 35.5. The lowest BCUT2D eigenvalue weighted by atomic mass is 9.76. The SMILES string of the molecule is CC(=O)N1CCN(C2CC(C3=C4C=NC=C[N+]4(Cl)C(c4ccc5ccc(-c6ccccc6)nc5c4)=N3)C2)CC1. The minimum atomic E-state index is 0.00116. The fraction of sp³-hybridized carbons (Fsp3) is 0.290. The monoisotopic (exact) mass is 537 g/mol. The summed E-state index contributed by atoms with van der Waals surface area (Å²) in [6.45, 7) is 5.16. The van der Waals surface area contributed by atoms with Crippen LogP contribution in [0.4, 0.5) is 0 Å². The zero-order valence-corrected chi connectivity index (χ0v) is 22.6. The predicted octanol–water partition coefficient (Wildman–Crippen LogP) is 5.34. The maximum atomic E-state index is 11.7. The molecule has 1 atom stereocenters. The van der Waals surface area contributed by atoms with E-state index in [4.69, 9.17) is 21.8 Å². The Hall–Kier alpha value is -3.65. The third kappa shape index (κ3) is 4.22. The van der Waals surface area contributed by atoms with Crippen molar-refractivity contribution in [1.29, 1.82) is 0 Å². The highest BCUT2D eigenvalue weighted by Gasteiger charge is 2.50. The van der Waals surface area contributed by atoms with Crippen LogP contribution < -0.4 is 0 Å². The van der Waals surface area contributed by atoms with Crippen molar-refractivity contribution in [1.82, 2.24) is 14.8 Å². The number of nitrogens with zero attached hydrogens (tertiary/aromatic N) is 6. The lowest BCUT2D eigenvalue weighted by Gasteiger charge is -2.46. The van der Waals surface area contributed by atoms with Crippen LogP contribution >= 0.6 is 11.8 Å². The Morgan fingerprint density at radius 3 is 2.51 bits per heavy atom. The second-order valence-electron chi connectivity index (χ2n) is 10.8. The number of aromatic nitrogens is 1. The van der Waals surface area contributed by atoms with Gasteiger partial charge in [0.25, 0.3) is 5.84 Å². The summed E-state index contributed by atoms with van der Waals surface area (Å²) in [6.07, 6.45) is 7.61. The van der Waals surface area contributed by atoms with Crippen LogP contribution in [-0.4, -0.2) is 69.0 Å². The molecule has 7 rings (SSSR count). The lowest BCUT2D eigenvalue weighted by Crippen LogP contribution is -2.55. The molecule has 2 aromatic carbocycles. The van der Waals surface area contributed by atoms with E-state index in [1.54, 1.807) is 13.1 Å². The molecule has 0 spiro atoms. The maximum absolute atomic E-state index is 11.7. The van der Waals surface area contributed by atoms with Gasteiger partial charge in [0.2, 0.25) is 11.6 Å². The van der Waals surface area contributed by atoms with Gasteiger partial charge in [-0.15, -0.1) is 4.00 Å². The van der Waals surface area contributed by atoms with Crippen molar-refractivity contribution >= 4 is 40.6 Å². The quantitative estimate of drug-likeness (QED) is 0.422. The average molecular weight is 538 g/mol. The average Bonchev–Trinajstić information content (AvgIpc) is 3.25. The molecular weight excluding hydrogens is 508 g/mol. The van der Waals surface area contributed by atoms with Gasteiger partial charge in [0, 0.05) is 56.0 Å². The number of allylic oxidation sites excluding steroid dienone is 2. The van der Waals surface area contributed by atoms with Crippen molar-refractivity contribution in [3.8, 4) is 11.3 Å². The molecule has 2 fully saturated rings. The number of halogens is 1. The number of quaternary nitrogens is 1. The van der Waals surface area contributed by atoms with Crippen molar-refractivity contribution in [2.45, 2.75) is 25.8 Å². The van der Waals surface area contributed by atoms with Gasteiger partial charge in [-0.25, -0.2) is 4.98 Å². The molecule has 1 aromatic heterocycles. The topological polar surface area (TPSA) is 61.2 Å². The summed E-state index contributed by atoms with van der Waals surface area (Å²) in [4.78, 5) is 30.7. The molecule has 7 nitrogen and oxygen atoms in total. The summed E-state index contributed by atoms with van der Waals surface area (Å²) in [5.74, 6) is 1.30. The Kier molecular flexibility index (Phi) is 5.95. The zero-order chi connectivity index (χ0) is 26.6. The largest absolute Gasteiger partial charge is 0.340 e. The number of benzene rings is 2. The van der Waals surface area contributed by atoms with Crippen molar-refractivity contribution < 1.29 is 8.80 Å². The van der Waals surface area contributed by atoms with E-state index in [2.05, 4.69) is 52.4 Å². The molecule has 3 aliphatic heterocycles. The first-order valence-electron chi connectivity index (χ1n) is 13.6. The van der Waals surface area contributed by atoms with Gasteiger partial charge in [-0.1, -0.05) is 42.5 Å². The number of fused-ring (bicyclic) bond motifs is 2. The van der Waals surface area contributed by atoms with Gasteiger partial charge in [0.1, 0.15) is 11.9 Å². The number of carbonyl (C=O) groups excluding carboxylic acids is 1. The number of hydrogen-bond acceptors (Lipinski definition) is 5. The molecule has 1 unspecified atom stereocenters. The van der Waals surface area contributed by atoms with E-state index in [1.165, 1.54) is 0 Å². The third-order valence-corrected chi connectivity index (χ3v) is 8.95. The summed E-state index contributed by atoms with van der Waals surface area (Å²) in [6, 6.07) is 21.2. The molecule has 1 saturated heterocycles. The van der Waals surface area contributed by atoms with Crippen molar-refractivity contribution in [2.75, 3.05) is 26.2 Å². The molecule has 0 bridgehead atoms. The summed E-state index contributed by atoms with van der Waals surface area (Å²) in [7, 11) is 0. The van der Waals surface area contributed by atoms with Gasteiger partial charge in [-0.05, 0) is 31.0 Å². The highest BCUT2D eigenvalue weighted by molar-refractivity contribution is 6.20. The number of amidine groups is 1. The normalized spacial score (nSPS) is 26.5. The molecule has 4 heterocycles. The van der Waals surface area contributed by atoms with Gasteiger partial charge in [0.15, 0.2) is 11.8 Å². The summed E-state index contributed by atoms with van der Waals surface area (Å²) in [5.41, 5.74) is 5.88. The lowest BCUT2D eigenvalue weighted by molar-refractivity contribution is -0.600. The number of pyridine rings is 1. The van der Waals surface area contributed by atoms with Crippen LogP contribution in [0.2, 0.25) is 0 Å². The van der Waals surface area contributed by atoms with Gasteiger partial charge in [-0.3, -0.25) is 14.7 Å². The van der Waals surface area contributed by atoms with Crippen LogP contribution in [0.25, 0.3) is 22.2 Å². The van der Waals surface area contributed by atoms with Gasteiger partial charge in [0.05, 0.1) is 29.2 Å². The molecule has 0 N–H and O–H groups in total. The van der Waals surface area contributed by atoms with E-state index >= 15 is 0 Å². The van der Waals surface area contributed by atoms with Crippen LogP contribution in [0.3, 0.4) is 0 Å². The van der Waals surface area contributed by atoms with Crippen LogP contribution in [0.15, 0.2) is 94.4 Å². The Morgan fingerprint density at radius 1 is 0.974 bits per heavy atom. The third-order valence-electron chi connectivity index (χ3n) is 8.50. The molecule has 1 aliphatic carbocycles. The number of amides is 1. The van der Waals surface area contributed by atoms with E-state index in [0.717, 1.165) is 84.0 Å². The van der Waals surface area contributed by atoms with Crippen LogP contribution in [0, 0.1) is 5.92 Å². The van der Waals surface area contributed by atoms with E-state index in [9.17, 15) is 4.79 Å². The molecule has 0 radical (unpaired) electrons. The standard InChI is InChI=1S/C31H30ClN6O/c1-21(39)36-12-14-37(15-13-36)26-17-25(18-26)30-29-20-33-11-16-38(29,32)31(35-30)24-8-7-23-9-10-27(34-28(23)19-24)22-5-3-2-4-6-22/h2-11,16,19-20,25-26H,12-15,17-18H2,1H3/q+1. The fourth-order valence-corrected chi connectivity index (χ4v) is 6.48. The Labute approximate surface area is 233 Å². The van der Waals surface area contributed by atoms with Crippen molar-refractivity contribution in [2.24, 2.45) is 15.9 Å². The fourth-order valence-electron chi connectivity index (χ4n) is 6.16. The Balaban J connectivity index is 1.16. The Bertz CT molecular complexity index is 1580. The molecule has 4 aliphatic rings. The van der Waals surface area contributed by atoms with E-state index < -0.39 is 0 Å². The number of piperazine rings is 1. The smallest absolute Gasteiger partial charge is 0.263 e. The predicted molar refractivity (Wildman–Crippen MR) is 155 cm³/mol. The Morgan fingerprint density at radius 2 is 1.74 bits per heavy atom.